The van der Waals surface area contributed by atoms with E-state index in [0.29, 0.717) is 6.42 Å². The summed E-state index contributed by atoms with van der Waals surface area (Å²) >= 11 is 8.89. The van der Waals surface area contributed by atoms with E-state index in [1.54, 1.807) is 0 Å². The van der Waals surface area contributed by atoms with Gasteiger partial charge in [-0.05, 0) is 6.42 Å². The van der Waals surface area contributed by atoms with Crippen LogP contribution < -0.4 is 0 Å². The van der Waals surface area contributed by atoms with Crippen molar-refractivity contribution in [1.82, 2.24) is 0 Å². The van der Waals surface area contributed by atoms with Crippen LogP contribution in [0.5, 0.6) is 0 Å². The second kappa shape index (κ2) is 14.8. The minimum absolute atomic E-state index is 0.488. The van der Waals surface area contributed by atoms with E-state index >= 15 is 0 Å². The third kappa shape index (κ3) is 13.9. The van der Waals surface area contributed by atoms with Crippen molar-refractivity contribution in [3.63, 3.8) is 0 Å². The van der Waals surface area contributed by atoms with Gasteiger partial charge in [0.05, 0.1) is 0 Å². The van der Waals surface area contributed by atoms with Gasteiger partial charge < -0.3 is 5.11 Å². The fraction of sp³-hybridized carbons (Fsp3) is 0.944. The van der Waals surface area contributed by atoms with Crippen molar-refractivity contribution in [2.24, 2.45) is 0 Å². The fourth-order valence-corrected chi connectivity index (χ4v) is 3.06. The Hall–Kier alpha value is 0.240. The summed E-state index contributed by atoms with van der Waals surface area (Å²) in [5, 5.41) is 8.87. The number of unbranched alkanes of at least 4 members (excludes halogenated alkanes) is 13. The molecule has 1 N–H and O–H groups in total. The quantitative estimate of drug-likeness (QED) is 0.219. The number of rotatable bonds is 16. The Labute approximate surface area is 150 Å². The summed E-state index contributed by atoms with van der Waals surface area (Å²) in [6.45, 7) is 2.26. The molecule has 22 heavy (non-hydrogen) atoms. The molecular weight excluding hydrogens is 364 g/mol. The zero-order chi connectivity index (χ0) is 16.7. The zero-order valence-electron chi connectivity index (χ0n) is 14.2. The van der Waals surface area contributed by atoms with E-state index in [0.717, 1.165) is 12.8 Å². The molecule has 0 heterocycles. The monoisotopic (exact) mass is 396 g/mol. The van der Waals surface area contributed by atoms with Crippen molar-refractivity contribution < 1.29 is 9.90 Å². The Morgan fingerprint density at radius 1 is 0.818 bits per heavy atom. The van der Waals surface area contributed by atoms with Gasteiger partial charge in [0.25, 0.3) is 0 Å². The number of aliphatic carboxylic acids is 1. The van der Waals surface area contributed by atoms with Gasteiger partial charge in [0.2, 0.25) is 0 Å². The largest absolute Gasteiger partial charge is 0.479 e. The van der Waals surface area contributed by atoms with Crippen LogP contribution in [0.1, 0.15) is 103 Å². The number of halogens is 2. The number of carboxylic acids is 1. The molecular formula is C18H34BrClO2. The highest BCUT2D eigenvalue weighted by atomic mass is 79.9. The van der Waals surface area contributed by atoms with Gasteiger partial charge >= 0.3 is 5.97 Å². The van der Waals surface area contributed by atoms with E-state index in [2.05, 4.69) is 22.9 Å². The Kier molecular flexibility index (Phi) is 15.0. The van der Waals surface area contributed by atoms with Gasteiger partial charge in [-0.1, -0.05) is 124 Å². The van der Waals surface area contributed by atoms with E-state index in [-0.39, 0.29) is 0 Å². The van der Waals surface area contributed by atoms with Crippen LogP contribution in [0.15, 0.2) is 0 Å². The van der Waals surface area contributed by atoms with Gasteiger partial charge in [-0.15, -0.1) is 0 Å². The van der Waals surface area contributed by atoms with Gasteiger partial charge in [0, 0.05) is 0 Å². The molecule has 0 rings (SSSR count). The third-order valence-electron chi connectivity index (χ3n) is 4.16. The number of hydrogen-bond donors (Lipinski definition) is 1. The molecule has 0 aromatic carbocycles. The molecule has 1 atom stereocenters. The van der Waals surface area contributed by atoms with Crippen LogP contribution in [0.25, 0.3) is 0 Å². The summed E-state index contributed by atoms with van der Waals surface area (Å²) in [6.07, 6.45) is 18.7. The second-order valence-corrected chi connectivity index (χ2v) is 8.81. The van der Waals surface area contributed by atoms with Crippen LogP contribution in [-0.2, 0) is 4.79 Å². The van der Waals surface area contributed by atoms with Crippen molar-refractivity contribution in [2.45, 2.75) is 107 Å². The highest BCUT2D eigenvalue weighted by Crippen LogP contribution is 2.30. The molecule has 0 aliphatic rings. The van der Waals surface area contributed by atoms with Crippen molar-refractivity contribution >= 4 is 33.5 Å². The highest BCUT2D eigenvalue weighted by molar-refractivity contribution is 9.10. The van der Waals surface area contributed by atoms with Crippen LogP contribution in [-0.4, -0.2) is 14.9 Å². The van der Waals surface area contributed by atoms with Gasteiger partial charge in [-0.25, -0.2) is 4.79 Å². The Morgan fingerprint density at radius 2 is 1.14 bits per heavy atom. The molecule has 0 bridgehead atoms. The lowest BCUT2D eigenvalue weighted by Gasteiger charge is -2.13. The molecule has 0 aromatic rings. The number of alkyl halides is 2. The Bertz CT molecular complexity index is 270. The normalized spacial score (nSPS) is 14.0. The molecule has 4 heteroatoms. The van der Waals surface area contributed by atoms with E-state index in [9.17, 15) is 4.79 Å². The van der Waals surface area contributed by atoms with E-state index in [1.165, 1.54) is 77.0 Å². The summed E-state index contributed by atoms with van der Waals surface area (Å²) in [5.41, 5.74) is 0. The van der Waals surface area contributed by atoms with Crippen LogP contribution in [0.4, 0.5) is 0 Å². The molecule has 0 radical (unpaired) electrons. The first kappa shape index (κ1) is 22.2. The van der Waals surface area contributed by atoms with E-state index in [1.807, 2.05) is 0 Å². The molecule has 0 saturated heterocycles. The van der Waals surface area contributed by atoms with Crippen molar-refractivity contribution in [2.75, 3.05) is 0 Å². The minimum atomic E-state index is -1.26. The summed E-state index contributed by atoms with van der Waals surface area (Å²) in [7, 11) is 0. The topological polar surface area (TPSA) is 37.3 Å². The smallest absolute Gasteiger partial charge is 0.335 e. The van der Waals surface area contributed by atoms with Crippen LogP contribution in [0, 0.1) is 0 Å². The van der Waals surface area contributed by atoms with Crippen molar-refractivity contribution in [3.8, 4) is 0 Å². The molecule has 0 spiro atoms. The first-order chi connectivity index (χ1) is 10.5. The number of hydrogen-bond acceptors (Lipinski definition) is 1. The molecule has 0 amide bonds. The number of carboxylic acid groups (broad SMARTS) is 1. The first-order valence-corrected chi connectivity index (χ1v) is 10.3. The fourth-order valence-electron chi connectivity index (χ4n) is 2.65. The molecule has 0 saturated carbocycles. The Balaban J connectivity index is 3.16. The van der Waals surface area contributed by atoms with Crippen LogP contribution in [0.3, 0.4) is 0 Å². The van der Waals surface area contributed by atoms with E-state index < -0.39 is 9.75 Å². The van der Waals surface area contributed by atoms with Gasteiger partial charge in [0.1, 0.15) is 0 Å². The van der Waals surface area contributed by atoms with Gasteiger partial charge in [-0.2, -0.15) is 0 Å². The standard InChI is InChI=1S/C18H34BrClO2/c1-2-3-4-5-6-7-8-9-10-11-12-13-14-15-16-18(19,20)17(21)22/h2-16H2,1H3,(H,21,22). The third-order valence-corrected chi connectivity index (χ3v) is 5.24. The predicted octanol–water partition coefficient (Wildman–Crippen LogP) is 7.27. The van der Waals surface area contributed by atoms with Gasteiger partial charge in [-0.3, -0.25) is 0 Å². The lowest BCUT2D eigenvalue weighted by atomic mass is 10.0. The molecule has 1 unspecified atom stereocenters. The number of carbonyl (C=O) groups is 1. The maximum absolute atomic E-state index is 10.8. The average Bonchev–Trinajstić information content (AvgIpc) is 2.47. The summed E-state index contributed by atoms with van der Waals surface area (Å²) in [6, 6.07) is 0. The first-order valence-electron chi connectivity index (χ1n) is 9.12. The summed E-state index contributed by atoms with van der Waals surface area (Å²) in [4.78, 5) is 10.8. The van der Waals surface area contributed by atoms with Gasteiger partial charge in [0.15, 0.2) is 3.78 Å². The average molecular weight is 398 g/mol. The van der Waals surface area contributed by atoms with E-state index in [4.69, 9.17) is 16.7 Å². The maximum Gasteiger partial charge on any atom is 0.335 e. The molecule has 0 fully saturated rings. The second-order valence-electron chi connectivity index (χ2n) is 6.36. The highest BCUT2D eigenvalue weighted by Gasteiger charge is 2.31. The predicted molar refractivity (Wildman–Crippen MR) is 100 cm³/mol. The minimum Gasteiger partial charge on any atom is -0.479 e. The molecule has 0 aliphatic heterocycles. The van der Waals surface area contributed by atoms with Crippen LogP contribution >= 0.6 is 27.5 Å². The summed E-state index contributed by atoms with van der Waals surface area (Å²) in [5.74, 6) is -0.983. The lowest BCUT2D eigenvalue weighted by Crippen LogP contribution is -2.24. The SMILES string of the molecule is CCCCCCCCCCCCCCCCC(Cl)(Br)C(=O)O. The maximum atomic E-state index is 10.8. The molecule has 2 nitrogen and oxygen atoms in total. The zero-order valence-corrected chi connectivity index (χ0v) is 16.6. The van der Waals surface area contributed by atoms with Crippen LogP contribution in [0.2, 0.25) is 0 Å². The Morgan fingerprint density at radius 3 is 1.45 bits per heavy atom. The lowest BCUT2D eigenvalue weighted by molar-refractivity contribution is -0.137. The molecule has 132 valence electrons. The van der Waals surface area contributed by atoms with Crippen molar-refractivity contribution in [1.29, 1.82) is 0 Å². The van der Waals surface area contributed by atoms with Crippen molar-refractivity contribution in [3.05, 3.63) is 0 Å². The molecule has 0 aliphatic carbocycles. The molecule has 0 aromatic heterocycles. The summed E-state index contributed by atoms with van der Waals surface area (Å²) < 4.78 is -1.26.